The third kappa shape index (κ3) is 2.87. The Bertz CT molecular complexity index is 361. The summed E-state index contributed by atoms with van der Waals surface area (Å²) in [6, 6.07) is 5.14. The van der Waals surface area contributed by atoms with E-state index in [1.807, 2.05) is 13.8 Å². The van der Waals surface area contributed by atoms with Gasteiger partial charge in [0.25, 0.3) is 0 Å². The number of carboxylic acids is 1. The molecule has 0 saturated heterocycles. The van der Waals surface area contributed by atoms with Crippen LogP contribution in [-0.4, -0.2) is 24.2 Å². The predicted octanol–water partition coefficient (Wildman–Crippen LogP) is 2.21. The van der Waals surface area contributed by atoms with Gasteiger partial charge in [0.2, 0.25) is 0 Å². The summed E-state index contributed by atoms with van der Waals surface area (Å²) in [5, 5.41) is 12.1. The van der Waals surface area contributed by atoms with Crippen molar-refractivity contribution < 1.29 is 14.6 Å². The molecule has 0 atom stereocenters. The lowest BCUT2D eigenvalue weighted by Gasteiger charge is -2.13. The van der Waals surface area contributed by atoms with Gasteiger partial charge in [0.15, 0.2) is 0 Å². The molecular weight excluding hydrogens is 194 g/mol. The first kappa shape index (κ1) is 11.4. The molecule has 0 saturated carbocycles. The van der Waals surface area contributed by atoms with Gasteiger partial charge < -0.3 is 15.2 Å². The second kappa shape index (κ2) is 4.68. The predicted molar refractivity (Wildman–Crippen MR) is 58.7 cm³/mol. The quantitative estimate of drug-likeness (QED) is 0.798. The minimum Gasteiger partial charge on any atom is -0.497 e. The number of benzene rings is 1. The van der Waals surface area contributed by atoms with E-state index in [1.165, 1.54) is 13.2 Å². The second-order valence-electron chi connectivity index (χ2n) is 3.52. The Hall–Kier alpha value is -1.71. The fourth-order valence-electron chi connectivity index (χ4n) is 1.26. The highest BCUT2D eigenvalue weighted by Crippen LogP contribution is 2.22. The molecule has 0 radical (unpaired) electrons. The Morgan fingerprint density at radius 1 is 1.47 bits per heavy atom. The number of carboxylic acid groups (broad SMARTS) is 1. The highest BCUT2D eigenvalue weighted by molar-refractivity contribution is 5.94. The van der Waals surface area contributed by atoms with Gasteiger partial charge in [0.1, 0.15) is 5.75 Å². The van der Waals surface area contributed by atoms with Crippen molar-refractivity contribution in [3.8, 4) is 5.75 Å². The molecule has 0 fully saturated rings. The lowest BCUT2D eigenvalue weighted by molar-refractivity contribution is 0.0697. The normalized spacial score (nSPS) is 10.1. The number of ether oxygens (including phenoxy) is 1. The fraction of sp³-hybridized carbons (Fsp3) is 0.364. The fourth-order valence-corrected chi connectivity index (χ4v) is 1.26. The molecule has 0 spiro atoms. The highest BCUT2D eigenvalue weighted by atomic mass is 16.5. The zero-order valence-corrected chi connectivity index (χ0v) is 9.07. The largest absolute Gasteiger partial charge is 0.497 e. The summed E-state index contributed by atoms with van der Waals surface area (Å²) in [6.07, 6.45) is 0. The van der Waals surface area contributed by atoms with E-state index < -0.39 is 5.97 Å². The van der Waals surface area contributed by atoms with Gasteiger partial charge in [-0.05, 0) is 32.0 Å². The molecule has 15 heavy (non-hydrogen) atoms. The van der Waals surface area contributed by atoms with Crippen LogP contribution in [0.4, 0.5) is 5.69 Å². The first-order valence-corrected chi connectivity index (χ1v) is 4.72. The standard InChI is InChI=1S/C11H15NO3/c1-7(2)12-10-5-4-8(15-3)6-9(10)11(13)14/h4-7,12H,1-3H3,(H,13,14). The summed E-state index contributed by atoms with van der Waals surface area (Å²) >= 11 is 0. The summed E-state index contributed by atoms with van der Waals surface area (Å²) < 4.78 is 4.97. The van der Waals surface area contributed by atoms with Gasteiger partial charge >= 0.3 is 5.97 Å². The molecule has 1 aromatic carbocycles. The molecule has 1 rings (SSSR count). The van der Waals surface area contributed by atoms with Crippen LogP contribution in [0.3, 0.4) is 0 Å². The molecule has 82 valence electrons. The minimum atomic E-state index is -0.961. The second-order valence-corrected chi connectivity index (χ2v) is 3.52. The van der Waals surface area contributed by atoms with Crippen molar-refractivity contribution >= 4 is 11.7 Å². The molecule has 0 aliphatic carbocycles. The van der Waals surface area contributed by atoms with Crippen molar-refractivity contribution in [2.24, 2.45) is 0 Å². The lowest BCUT2D eigenvalue weighted by atomic mass is 10.1. The molecule has 1 aromatic rings. The van der Waals surface area contributed by atoms with E-state index in [9.17, 15) is 4.79 Å². The maximum Gasteiger partial charge on any atom is 0.337 e. The number of carbonyl (C=O) groups is 1. The Morgan fingerprint density at radius 3 is 2.60 bits per heavy atom. The lowest BCUT2D eigenvalue weighted by Crippen LogP contribution is -2.13. The minimum absolute atomic E-state index is 0.191. The monoisotopic (exact) mass is 209 g/mol. The van der Waals surface area contributed by atoms with Gasteiger partial charge in [-0.15, -0.1) is 0 Å². The van der Waals surface area contributed by atoms with E-state index in [0.29, 0.717) is 11.4 Å². The molecule has 0 heterocycles. The Morgan fingerprint density at radius 2 is 2.13 bits per heavy atom. The molecule has 0 amide bonds. The third-order valence-corrected chi connectivity index (χ3v) is 1.90. The topological polar surface area (TPSA) is 58.6 Å². The van der Waals surface area contributed by atoms with E-state index in [2.05, 4.69) is 5.32 Å². The first-order chi connectivity index (χ1) is 7.04. The number of aromatic carboxylic acids is 1. The van der Waals surface area contributed by atoms with Crippen LogP contribution >= 0.6 is 0 Å². The van der Waals surface area contributed by atoms with E-state index in [4.69, 9.17) is 9.84 Å². The van der Waals surface area contributed by atoms with E-state index in [-0.39, 0.29) is 11.6 Å². The third-order valence-electron chi connectivity index (χ3n) is 1.90. The Labute approximate surface area is 88.9 Å². The number of nitrogens with one attached hydrogen (secondary N) is 1. The SMILES string of the molecule is COc1ccc(NC(C)C)c(C(=O)O)c1. The van der Waals surface area contributed by atoms with Gasteiger partial charge in [-0.2, -0.15) is 0 Å². The number of hydrogen-bond donors (Lipinski definition) is 2. The summed E-state index contributed by atoms with van der Waals surface area (Å²) in [5.41, 5.74) is 0.835. The molecule has 2 N–H and O–H groups in total. The van der Waals surface area contributed by atoms with Crippen molar-refractivity contribution in [2.45, 2.75) is 19.9 Å². The van der Waals surface area contributed by atoms with Gasteiger partial charge in [-0.3, -0.25) is 0 Å². The van der Waals surface area contributed by atoms with Gasteiger partial charge in [-0.25, -0.2) is 4.79 Å². The van der Waals surface area contributed by atoms with Crippen molar-refractivity contribution in [2.75, 3.05) is 12.4 Å². The highest BCUT2D eigenvalue weighted by Gasteiger charge is 2.11. The Kier molecular flexibility index (Phi) is 3.55. The summed E-state index contributed by atoms with van der Waals surface area (Å²) in [7, 11) is 1.51. The maximum atomic E-state index is 11.0. The van der Waals surface area contributed by atoms with Crippen LogP contribution in [0.25, 0.3) is 0 Å². The van der Waals surface area contributed by atoms with E-state index >= 15 is 0 Å². The van der Waals surface area contributed by atoms with Crippen LogP contribution in [0.15, 0.2) is 18.2 Å². The van der Waals surface area contributed by atoms with Crippen molar-refractivity contribution in [3.63, 3.8) is 0 Å². The van der Waals surface area contributed by atoms with Crippen molar-refractivity contribution in [1.82, 2.24) is 0 Å². The first-order valence-electron chi connectivity index (χ1n) is 4.72. The molecular formula is C11H15NO3. The van der Waals surface area contributed by atoms with E-state index in [1.54, 1.807) is 12.1 Å². The molecule has 0 aliphatic rings. The summed E-state index contributed by atoms with van der Waals surface area (Å²) in [6.45, 7) is 3.91. The molecule has 4 heteroatoms. The zero-order valence-electron chi connectivity index (χ0n) is 9.07. The van der Waals surface area contributed by atoms with Crippen molar-refractivity contribution in [1.29, 1.82) is 0 Å². The number of rotatable bonds is 4. The summed E-state index contributed by atoms with van der Waals surface area (Å²) in [5.74, 6) is -0.418. The Balaban J connectivity index is 3.09. The van der Waals surface area contributed by atoms with Crippen molar-refractivity contribution in [3.05, 3.63) is 23.8 Å². The number of hydrogen-bond acceptors (Lipinski definition) is 3. The molecule has 0 bridgehead atoms. The molecule has 0 unspecified atom stereocenters. The van der Waals surface area contributed by atoms with Crippen LogP contribution in [0, 0.1) is 0 Å². The van der Waals surface area contributed by atoms with E-state index in [0.717, 1.165) is 0 Å². The van der Waals surface area contributed by atoms with Crippen LogP contribution in [-0.2, 0) is 0 Å². The van der Waals surface area contributed by atoms with Crippen LogP contribution in [0.2, 0.25) is 0 Å². The average molecular weight is 209 g/mol. The van der Waals surface area contributed by atoms with Gasteiger partial charge in [0, 0.05) is 11.7 Å². The number of methoxy groups -OCH3 is 1. The van der Waals surface area contributed by atoms with Crippen LogP contribution in [0.1, 0.15) is 24.2 Å². The number of anilines is 1. The van der Waals surface area contributed by atoms with Crippen LogP contribution < -0.4 is 10.1 Å². The van der Waals surface area contributed by atoms with Gasteiger partial charge in [-0.1, -0.05) is 0 Å². The van der Waals surface area contributed by atoms with Gasteiger partial charge in [0.05, 0.1) is 12.7 Å². The average Bonchev–Trinajstić information content (AvgIpc) is 2.17. The molecule has 0 aliphatic heterocycles. The molecule has 4 nitrogen and oxygen atoms in total. The van der Waals surface area contributed by atoms with Crippen LogP contribution in [0.5, 0.6) is 5.75 Å². The molecule has 0 aromatic heterocycles. The maximum absolute atomic E-state index is 11.0. The summed E-state index contributed by atoms with van der Waals surface area (Å²) in [4.78, 5) is 11.0. The smallest absolute Gasteiger partial charge is 0.337 e. The zero-order chi connectivity index (χ0) is 11.4.